The van der Waals surface area contributed by atoms with Gasteiger partial charge in [-0.3, -0.25) is 9.59 Å². The highest BCUT2D eigenvalue weighted by Gasteiger charge is 2.21. The highest BCUT2D eigenvalue weighted by molar-refractivity contribution is 8.00. The van der Waals surface area contributed by atoms with Crippen LogP contribution in [0.3, 0.4) is 0 Å². The number of nitrogens with zero attached hydrogens (tertiary/aromatic N) is 1. The van der Waals surface area contributed by atoms with Crippen molar-refractivity contribution in [3.05, 3.63) is 33.8 Å². The van der Waals surface area contributed by atoms with E-state index < -0.39 is 0 Å². The fraction of sp³-hybridized carbons (Fsp3) is 0.556. The van der Waals surface area contributed by atoms with E-state index in [1.54, 1.807) is 18.2 Å². The Kier molecular flexibility index (Phi) is 8.40. The van der Waals surface area contributed by atoms with Crippen LogP contribution in [0.25, 0.3) is 0 Å². The largest absolute Gasteiger partial charge is 0.351 e. The summed E-state index contributed by atoms with van der Waals surface area (Å²) < 4.78 is 0. The van der Waals surface area contributed by atoms with Gasteiger partial charge >= 0.3 is 0 Å². The fourth-order valence-electron chi connectivity index (χ4n) is 2.91. The summed E-state index contributed by atoms with van der Waals surface area (Å²) in [4.78, 5) is 26.0. The lowest BCUT2D eigenvalue weighted by Gasteiger charge is -2.31. The van der Waals surface area contributed by atoms with E-state index in [0.29, 0.717) is 28.4 Å². The molecule has 1 saturated carbocycles. The van der Waals surface area contributed by atoms with E-state index in [0.717, 1.165) is 18.4 Å². The van der Waals surface area contributed by atoms with Gasteiger partial charge in [0.2, 0.25) is 11.8 Å². The van der Waals surface area contributed by atoms with Crippen molar-refractivity contribution in [2.24, 2.45) is 0 Å². The minimum atomic E-state index is -0.107. The molecule has 138 valence electrons. The van der Waals surface area contributed by atoms with Crippen LogP contribution in [0.15, 0.2) is 18.2 Å². The lowest BCUT2D eigenvalue weighted by Crippen LogP contribution is -2.39. The molecule has 2 rings (SSSR count). The van der Waals surface area contributed by atoms with Gasteiger partial charge in [-0.1, -0.05) is 48.5 Å². The van der Waals surface area contributed by atoms with Crippen molar-refractivity contribution >= 4 is 46.8 Å². The highest BCUT2D eigenvalue weighted by Crippen LogP contribution is 2.22. The van der Waals surface area contributed by atoms with E-state index in [9.17, 15) is 9.59 Å². The number of hydrogen-bond donors (Lipinski definition) is 1. The minimum absolute atomic E-state index is 0.102. The molecule has 1 aliphatic carbocycles. The molecule has 0 atom stereocenters. The molecule has 25 heavy (non-hydrogen) atoms. The molecule has 1 aromatic rings. The van der Waals surface area contributed by atoms with Crippen LogP contribution in [-0.4, -0.2) is 41.3 Å². The number of rotatable bonds is 7. The average molecular weight is 403 g/mol. The summed E-state index contributed by atoms with van der Waals surface area (Å²) in [6.45, 7) is 0.352. The van der Waals surface area contributed by atoms with Crippen LogP contribution in [0.4, 0.5) is 0 Å². The van der Waals surface area contributed by atoms with Gasteiger partial charge in [0, 0.05) is 29.7 Å². The summed E-state index contributed by atoms with van der Waals surface area (Å²) in [5.41, 5.74) is 0.817. The SMILES string of the molecule is CN(C(=O)CSCC(=O)NCc1ccc(Cl)cc1Cl)C1CCCCC1. The number of thioether (sulfide) groups is 1. The van der Waals surface area contributed by atoms with Gasteiger partial charge in [0.25, 0.3) is 0 Å². The molecule has 0 aromatic heterocycles. The molecule has 1 N–H and O–H groups in total. The zero-order chi connectivity index (χ0) is 18.2. The second-order valence-electron chi connectivity index (χ2n) is 6.30. The number of nitrogens with one attached hydrogen (secondary N) is 1. The third-order valence-corrected chi connectivity index (χ3v) is 5.97. The van der Waals surface area contributed by atoms with Crippen LogP contribution in [-0.2, 0) is 16.1 Å². The molecule has 0 bridgehead atoms. The second kappa shape index (κ2) is 10.3. The van der Waals surface area contributed by atoms with Gasteiger partial charge in [-0.25, -0.2) is 0 Å². The predicted octanol–water partition coefficient (Wildman–Crippen LogP) is 4.13. The Bertz CT molecular complexity index is 607. The van der Waals surface area contributed by atoms with E-state index >= 15 is 0 Å². The molecule has 1 fully saturated rings. The van der Waals surface area contributed by atoms with Gasteiger partial charge in [0.05, 0.1) is 11.5 Å². The first kappa shape index (κ1) is 20.4. The lowest BCUT2D eigenvalue weighted by atomic mass is 9.94. The molecule has 0 radical (unpaired) electrons. The molecule has 7 heteroatoms. The standard InChI is InChI=1S/C18H24Cl2N2O2S/c1-22(15-5-3-2-4-6-15)18(24)12-25-11-17(23)21-10-13-7-8-14(19)9-16(13)20/h7-9,15H,2-6,10-12H2,1H3,(H,21,23). The van der Waals surface area contributed by atoms with Gasteiger partial charge in [0.1, 0.15) is 0 Å². The molecule has 0 saturated heterocycles. The second-order valence-corrected chi connectivity index (χ2v) is 8.13. The Labute approximate surface area is 163 Å². The van der Waals surface area contributed by atoms with Crippen LogP contribution >= 0.6 is 35.0 Å². The molecule has 0 aliphatic heterocycles. The highest BCUT2D eigenvalue weighted by atomic mass is 35.5. The number of benzene rings is 1. The molecular formula is C18H24Cl2N2O2S. The van der Waals surface area contributed by atoms with Crippen LogP contribution in [0.5, 0.6) is 0 Å². The number of carbonyl (C=O) groups is 2. The first-order valence-electron chi connectivity index (χ1n) is 8.51. The summed E-state index contributed by atoms with van der Waals surface area (Å²) in [5, 5.41) is 3.91. The third-order valence-electron chi connectivity index (χ3n) is 4.47. The summed E-state index contributed by atoms with van der Waals surface area (Å²) in [6.07, 6.45) is 5.85. The maximum absolute atomic E-state index is 12.2. The van der Waals surface area contributed by atoms with E-state index in [4.69, 9.17) is 23.2 Å². The fourth-order valence-corrected chi connectivity index (χ4v) is 4.16. The summed E-state index contributed by atoms with van der Waals surface area (Å²) in [6, 6.07) is 5.55. The molecule has 1 aliphatic rings. The molecule has 0 unspecified atom stereocenters. The Hall–Kier alpha value is -0.910. The van der Waals surface area contributed by atoms with E-state index in [1.807, 2.05) is 11.9 Å². The van der Waals surface area contributed by atoms with Crippen LogP contribution < -0.4 is 5.32 Å². The smallest absolute Gasteiger partial charge is 0.232 e. The summed E-state index contributed by atoms with van der Waals surface area (Å²) in [7, 11) is 1.88. The Balaban J connectivity index is 1.66. The number of carbonyl (C=O) groups excluding carboxylic acids is 2. The van der Waals surface area contributed by atoms with Crippen LogP contribution in [0.1, 0.15) is 37.7 Å². The van der Waals surface area contributed by atoms with Gasteiger partial charge in [-0.05, 0) is 30.5 Å². The zero-order valence-electron chi connectivity index (χ0n) is 14.4. The van der Waals surface area contributed by atoms with E-state index in [-0.39, 0.29) is 17.6 Å². The van der Waals surface area contributed by atoms with Gasteiger partial charge in [0.15, 0.2) is 0 Å². The Morgan fingerprint density at radius 3 is 2.60 bits per heavy atom. The average Bonchev–Trinajstić information content (AvgIpc) is 2.61. The van der Waals surface area contributed by atoms with Crippen LogP contribution in [0.2, 0.25) is 10.0 Å². The van der Waals surface area contributed by atoms with Gasteiger partial charge < -0.3 is 10.2 Å². The molecule has 0 heterocycles. The van der Waals surface area contributed by atoms with E-state index in [2.05, 4.69) is 5.32 Å². The predicted molar refractivity (Wildman–Crippen MR) is 105 cm³/mol. The van der Waals surface area contributed by atoms with Crippen molar-refractivity contribution in [1.82, 2.24) is 10.2 Å². The lowest BCUT2D eigenvalue weighted by molar-refractivity contribution is -0.129. The molecule has 4 nitrogen and oxygen atoms in total. The van der Waals surface area contributed by atoms with Crippen molar-refractivity contribution in [1.29, 1.82) is 0 Å². The minimum Gasteiger partial charge on any atom is -0.351 e. The van der Waals surface area contributed by atoms with Crippen LogP contribution in [0, 0.1) is 0 Å². The number of amides is 2. The van der Waals surface area contributed by atoms with Crippen molar-refractivity contribution < 1.29 is 9.59 Å². The Morgan fingerprint density at radius 1 is 1.20 bits per heavy atom. The normalized spacial score (nSPS) is 15.0. The topological polar surface area (TPSA) is 49.4 Å². The van der Waals surface area contributed by atoms with Crippen molar-refractivity contribution in [2.75, 3.05) is 18.6 Å². The van der Waals surface area contributed by atoms with Gasteiger partial charge in [-0.2, -0.15) is 0 Å². The molecule has 0 spiro atoms. The zero-order valence-corrected chi connectivity index (χ0v) is 16.7. The van der Waals surface area contributed by atoms with Gasteiger partial charge in [-0.15, -0.1) is 11.8 Å². The summed E-state index contributed by atoms with van der Waals surface area (Å²) in [5.74, 6) is 0.590. The quantitative estimate of drug-likeness (QED) is 0.745. The molecule has 1 aromatic carbocycles. The van der Waals surface area contributed by atoms with E-state index in [1.165, 1.54) is 31.0 Å². The first-order chi connectivity index (χ1) is 12.0. The first-order valence-corrected chi connectivity index (χ1v) is 10.4. The number of hydrogen-bond acceptors (Lipinski definition) is 3. The summed E-state index contributed by atoms with van der Waals surface area (Å²) >= 11 is 13.3. The maximum Gasteiger partial charge on any atom is 0.232 e. The molecule has 2 amide bonds. The third kappa shape index (κ3) is 6.72. The molecular weight excluding hydrogens is 379 g/mol. The monoisotopic (exact) mass is 402 g/mol. The van der Waals surface area contributed by atoms with Crippen molar-refractivity contribution in [3.63, 3.8) is 0 Å². The maximum atomic E-state index is 12.2. The van der Waals surface area contributed by atoms with Crippen molar-refractivity contribution in [2.45, 2.75) is 44.7 Å². The van der Waals surface area contributed by atoms with Crippen molar-refractivity contribution in [3.8, 4) is 0 Å². The Morgan fingerprint density at radius 2 is 1.92 bits per heavy atom. The number of halogens is 2.